The lowest BCUT2D eigenvalue weighted by Crippen LogP contribution is -2.16. The zero-order valence-electron chi connectivity index (χ0n) is 54.6. The summed E-state index contributed by atoms with van der Waals surface area (Å²) in [4.78, 5) is 5.20. The van der Waals surface area contributed by atoms with Crippen LogP contribution in [0.3, 0.4) is 0 Å². The fourth-order valence-electron chi connectivity index (χ4n) is 8.57. The van der Waals surface area contributed by atoms with E-state index < -0.39 is 40.1 Å². The van der Waals surface area contributed by atoms with Gasteiger partial charge in [-0.2, -0.15) is 0 Å². The third-order valence-corrected chi connectivity index (χ3v) is 20.5. The van der Waals surface area contributed by atoms with Gasteiger partial charge < -0.3 is 58.3 Å². The topological polar surface area (TPSA) is 345 Å². The largest absolute Gasteiger partial charge is 0.497 e. The van der Waals surface area contributed by atoms with Gasteiger partial charge >= 0.3 is 0 Å². The van der Waals surface area contributed by atoms with Gasteiger partial charge in [-0.25, -0.2) is 54.2 Å². The predicted octanol–water partition coefficient (Wildman–Crippen LogP) is 12.3. The van der Waals surface area contributed by atoms with Gasteiger partial charge in [0.2, 0.25) is 40.1 Å². The van der Waals surface area contributed by atoms with Gasteiger partial charge in [0, 0.05) is 67.2 Å². The van der Waals surface area contributed by atoms with Crippen molar-refractivity contribution in [2.45, 2.75) is 70.4 Å². The first-order chi connectivity index (χ1) is 45.2. The maximum absolute atomic E-state index is 11.9. The van der Waals surface area contributed by atoms with E-state index in [1.165, 1.54) is 35.7 Å². The van der Waals surface area contributed by atoms with Crippen LogP contribution in [0.4, 0.5) is 0 Å². The lowest BCUT2D eigenvalue weighted by Gasteiger charge is -2.18. The van der Waals surface area contributed by atoms with E-state index in [9.17, 15) is 33.7 Å². The molecule has 0 aliphatic heterocycles. The van der Waals surface area contributed by atoms with Gasteiger partial charge in [0.1, 0.15) is 69.0 Å². The molecule has 0 aliphatic rings. The van der Waals surface area contributed by atoms with Crippen molar-refractivity contribution in [2.24, 2.45) is 20.6 Å². The predicted molar refractivity (Wildman–Crippen MR) is 396 cm³/mol. The van der Waals surface area contributed by atoms with E-state index in [1.54, 1.807) is 189 Å². The highest BCUT2D eigenvalue weighted by Gasteiger charge is 2.23. The van der Waals surface area contributed by atoms with E-state index in [-0.39, 0.29) is 34.4 Å². The maximum atomic E-state index is 11.9. The smallest absolute Gasteiger partial charge is 0.239 e. The molecule has 98 heavy (non-hydrogen) atoms. The number of primary sulfonamides is 4. The number of nitrogens with one attached hydrogen (secondary N) is 2. The number of thioether (sulfide) groups is 2. The highest BCUT2D eigenvalue weighted by molar-refractivity contribution is 9.10. The van der Waals surface area contributed by atoms with Crippen LogP contribution in [0.15, 0.2) is 184 Å². The van der Waals surface area contributed by atoms with E-state index in [0.717, 1.165) is 28.6 Å². The average Bonchev–Trinajstić information content (AvgIpc) is 0.819. The molecule has 0 heterocycles. The van der Waals surface area contributed by atoms with Crippen molar-refractivity contribution >= 4 is 95.5 Å². The second-order valence-electron chi connectivity index (χ2n) is 20.8. The van der Waals surface area contributed by atoms with Crippen molar-refractivity contribution < 1.29 is 71.6 Å². The van der Waals surface area contributed by atoms with Crippen LogP contribution >= 0.6 is 55.4 Å². The lowest BCUT2D eigenvalue weighted by atomic mass is 10.2. The van der Waals surface area contributed by atoms with Crippen molar-refractivity contribution in [3.05, 3.63) is 177 Å². The maximum Gasteiger partial charge on any atom is 0.239 e. The van der Waals surface area contributed by atoms with Crippen LogP contribution in [0.2, 0.25) is 0 Å². The standard InChI is InChI=1S/C17H22N2O4S2.C16H19BrN2O4S.C16H20N2O4S2.C15H17BrN2O4S.2CH4/c1-19(2)11-12-9-17(25(18,20)21)16(24-4)10-15(12)23-14-7-5-13(22-3)6-8-14;1-19(2)10-11-8-16(24(18,20)21)14(17)9-15(11)23-13-6-4-12(22-3)5-7-13;1-18-10-11-8-16(24(17,19)20)15(23-3)9-14(11)22-13-6-4-12(21-2)5-7-13;1-18-9-10-7-15(23(17,19)20)13(16)8-14(10)22-12-5-3-11(21-2)4-6-12;;/h5-10H,11H2,1-4H3,(H2,18,20,21);4-9H,10H2,1-3H3,(H2,18,20,21);4-9,18H,10H2,1-3H3,(H2,17,19,20);3-8,18H,9H2,1-2H3,(H2,17,19,20);2*1H4. The Kier molecular flexibility index (Phi) is 34.3. The Morgan fingerprint density at radius 1 is 0.367 bits per heavy atom. The monoisotopic (exact) mass is 1600 g/mol. The van der Waals surface area contributed by atoms with Crippen molar-refractivity contribution in [3.8, 4) is 69.0 Å². The molecule has 0 bridgehead atoms. The van der Waals surface area contributed by atoms with Gasteiger partial charge in [0.05, 0.1) is 48.0 Å². The van der Waals surface area contributed by atoms with E-state index in [1.807, 2.05) is 38.0 Å². The molecule has 0 unspecified atom stereocenters. The Labute approximate surface area is 602 Å². The van der Waals surface area contributed by atoms with Crippen LogP contribution in [-0.4, -0.2) is 127 Å². The van der Waals surface area contributed by atoms with Crippen LogP contribution < -0.4 is 69.1 Å². The first-order valence-corrected chi connectivity index (χ1v) is 38.4. The Bertz CT molecular complexity index is 4380. The van der Waals surface area contributed by atoms with E-state index in [0.29, 0.717) is 108 Å². The molecule has 8 aromatic carbocycles. The van der Waals surface area contributed by atoms with Gasteiger partial charge in [0.15, 0.2) is 0 Å². The third-order valence-electron chi connectivity index (χ3n) is 13.0. The van der Waals surface area contributed by atoms with Gasteiger partial charge in [0.25, 0.3) is 0 Å². The number of hydrogen-bond acceptors (Lipinski definition) is 22. The molecular weight excluding hydrogens is 1510 g/mol. The highest BCUT2D eigenvalue weighted by Crippen LogP contribution is 2.39. The quantitative estimate of drug-likeness (QED) is 0.0274. The summed E-state index contributed by atoms with van der Waals surface area (Å²) >= 11 is 9.08. The molecule has 0 spiro atoms. The first-order valence-electron chi connectivity index (χ1n) is 28.2. The van der Waals surface area contributed by atoms with E-state index in [4.69, 9.17) is 58.5 Å². The summed E-state index contributed by atoms with van der Waals surface area (Å²) in [5, 5.41) is 27.1. The number of nitrogens with two attached hydrogens (primary N) is 4. The van der Waals surface area contributed by atoms with Crippen LogP contribution in [0.1, 0.15) is 37.1 Å². The Morgan fingerprint density at radius 3 is 0.816 bits per heavy atom. The summed E-state index contributed by atoms with van der Waals surface area (Å²) in [5.41, 5.74) is 2.83. The molecule has 0 saturated carbocycles. The number of methoxy groups -OCH3 is 4. The van der Waals surface area contributed by atoms with E-state index >= 15 is 0 Å². The molecule has 10 N–H and O–H groups in total. The van der Waals surface area contributed by atoms with E-state index in [2.05, 4.69) is 42.5 Å². The fourth-order valence-corrected chi connectivity index (χ4v) is 15.3. The number of halogens is 2. The third kappa shape index (κ3) is 26.1. The number of nitrogens with zero attached hydrogens (tertiary/aromatic N) is 2. The Balaban J connectivity index is 0.000000338. The van der Waals surface area contributed by atoms with Crippen LogP contribution in [-0.2, 0) is 66.3 Å². The summed E-state index contributed by atoms with van der Waals surface area (Å²) in [6, 6.07) is 41.3. The van der Waals surface area contributed by atoms with Crippen LogP contribution in [0.5, 0.6) is 69.0 Å². The number of benzene rings is 8. The number of rotatable bonds is 26. The minimum atomic E-state index is -3.83. The second-order valence-corrected chi connectivity index (χ2v) is 30.4. The molecule has 0 aromatic heterocycles. The summed E-state index contributed by atoms with van der Waals surface area (Å²) in [5.74, 6) is 7.64. The molecule has 536 valence electrons. The molecule has 32 heteroatoms. The SMILES string of the molecule is C.C.CNCc1cc(S(N)(=O)=O)c(Br)cc1Oc1ccc(OC)cc1.CNCc1cc(S(N)(=O)=O)c(SC)cc1Oc1ccc(OC)cc1.COc1ccc(Oc2cc(Br)c(S(N)(=O)=O)cc2CN(C)C)cc1.COc1ccc(Oc2cc(SC)c(S(N)(=O)=O)cc2CN(C)C)cc1. The zero-order valence-corrected chi connectivity index (χ0v) is 62.7. The summed E-state index contributed by atoms with van der Waals surface area (Å²) < 4.78 is 139. The molecule has 0 fully saturated rings. The van der Waals surface area contributed by atoms with Crippen molar-refractivity contribution in [1.29, 1.82) is 0 Å². The van der Waals surface area contributed by atoms with Crippen molar-refractivity contribution in [3.63, 3.8) is 0 Å². The molecule has 0 saturated heterocycles. The minimum Gasteiger partial charge on any atom is -0.497 e. The molecular formula is C66H86Br2N8O16S6. The fraction of sp³-hybridized carbons (Fsp3) is 0.273. The molecule has 0 amide bonds. The van der Waals surface area contributed by atoms with Gasteiger partial charge in [-0.05, 0) is 232 Å². The Morgan fingerprint density at radius 2 is 0.582 bits per heavy atom. The van der Waals surface area contributed by atoms with Gasteiger partial charge in [-0.3, -0.25) is 0 Å². The number of sulfonamides is 4. The lowest BCUT2D eigenvalue weighted by molar-refractivity contribution is 0.386. The van der Waals surface area contributed by atoms with Gasteiger partial charge in [-0.15, -0.1) is 23.5 Å². The average molecular weight is 1600 g/mol. The molecule has 0 atom stereocenters. The summed E-state index contributed by atoms with van der Waals surface area (Å²) in [6.45, 7) is 1.90. The molecule has 8 aromatic rings. The van der Waals surface area contributed by atoms with Crippen LogP contribution in [0, 0.1) is 0 Å². The zero-order chi connectivity index (χ0) is 71.3. The molecule has 0 radical (unpaired) electrons. The molecule has 8 rings (SSSR count). The highest BCUT2D eigenvalue weighted by atomic mass is 79.9. The van der Waals surface area contributed by atoms with Crippen LogP contribution in [0.25, 0.3) is 0 Å². The second kappa shape index (κ2) is 39.3. The number of ether oxygens (including phenoxy) is 8. The Hall–Kier alpha value is -6.70. The summed E-state index contributed by atoms with van der Waals surface area (Å²) in [7, 11) is 2.21. The minimum absolute atomic E-state index is 0. The first kappa shape index (κ1) is 85.5. The van der Waals surface area contributed by atoms with Crippen molar-refractivity contribution in [2.75, 3.05) is 83.2 Å². The molecule has 24 nitrogen and oxygen atoms in total. The summed E-state index contributed by atoms with van der Waals surface area (Å²) in [6.07, 6.45) is 3.59. The van der Waals surface area contributed by atoms with Crippen molar-refractivity contribution in [1.82, 2.24) is 20.4 Å². The molecule has 0 aliphatic carbocycles. The normalized spacial score (nSPS) is 11.2. The van der Waals surface area contributed by atoms with Gasteiger partial charge in [-0.1, -0.05) is 14.9 Å². The number of hydrogen-bond donors (Lipinski definition) is 6.